The van der Waals surface area contributed by atoms with Crippen molar-refractivity contribution in [1.29, 1.82) is 0 Å². The SMILES string of the molecule is C=C(C)[C@H](Cc1ccc(-c2oc3c(CC=C(C)C)c(O)c4c(c3c(=O)c2O)OC(C)(C)CC4)cc1O)OC(=O)[C@@](OC)(c1ccccc1)C(F)(F)F. The van der Waals surface area contributed by atoms with Gasteiger partial charge < -0.3 is 33.9 Å². The number of benzene rings is 3. The minimum atomic E-state index is -5.20. The van der Waals surface area contributed by atoms with Gasteiger partial charge in [-0.05, 0) is 71.1 Å². The van der Waals surface area contributed by atoms with Crippen LogP contribution in [0.3, 0.4) is 0 Å². The predicted octanol–water partition coefficient (Wildman–Crippen LogP) is 8.32. The lowest BCUT2D eigenvalue weighted by atomic mass is 9.89. The molecule has 0 unspecified atom stereocenters. The Kier molecular flexibility index (Phi) is 10.3. The van der Waals surface area contributed by atoms with E-state index in [0.29, 0.717) is 24.0 Å². The Hall–Kier alpha value is -5.23. The monoisotopic (exact) mass is 722 g/mol. The van der Waals surface area contributed by atoms with E-state index in [0.717, 1.165) is 24.8 Å². The first-order chi connectivity index (χ1) is 24.3. The van der Waals surface area contributed by atoms with Crippen molar-refractivity contribution in [2.75, 3.05) is 7.11 Å². The molecule has 9 nitrogen and oxygen atoms in total. The summed E-state index contributed by atoms with van der Waals surface area (Å²) >= 11 is 0. The second kappa shape index (κ2) is 14.1. The molecule has 3 aromatic carbocycles. The van der Waals surface area contributed by atoms with Gasteiger partial charge in [0.05, 0.1) is 0 Å². The molecule has 0 saturated heterocycles. The maximum atomic E-state index is 14.5. The molecule has 0 saturated carbocycles. The van der Waals surface area contributed by atoms with Gasteiger partial charge in [0, 0.05) is 35.8 Å². The van der Waals surface area contributed by atoms with Crippen molar-refractivity contribution in [3.05, 3.63) is 105 Å². The van der Waals surface area contributed by atoms with Crippen LogP contribution in [0.25, 0.3) is 22.3 Å². The molecule has 2 heterocycles. The van der Waals surface area contributed by atoms with Crippen LogP contribution in [0, 0.1) is 0 Å². The number of halogens is 3. The molecule has 276 valence electrons. The summed E-state index contributed by atoms with van der Waals surface area (Å²) in [6.07, 6.45) is -3.73. The summed E-state index contributed by atoms with van der Waals surface area (Å²) in [5.74, 6) is -3.12. The van der Waals surface area contributed by atoms with E-state index in [4.69, 9.17) is 18.6 Å². The Morgan fingerprint density at radius 1 is 1.06 bits per heavy atom. The fourth-order valence-corrected chi connectivity index (χ4v) is 6.28. The second-order valence-corrected chi connectivity index (χ2v) is 13.8. The summed E-state index contributed by atoms with van der Waals surface area (Å²) < 4.78 is 66.1. The summed E-state index contributed by atoms with van der Waals surface area (Å²) in [7, 11) is 0.761. The minimum absolute atomic E-state index is 0.00628. The van der Waals surface area contributed by atoms with E-state index in [1.54, 1.807) is 0 Å². The molecule has 0 aliphatic carbocycles. The molecule has 0 amide bonds. The lowest BCUT2D eigenvalue weighted by molar-refractivity contribution is -0.277. The number of esters is 1. The highest BCUT2D eigenvalue weighted by Gasteiger charge is 2.64. The lowest BCUT2D eigenvalue weighted by Gasteiger charge is -2.34. The number of allylic oxidation sites excluding steroid dienone is 2. The Morgan fingerprint density at radius 3 is 2.31 bits per heavy atom. The molecule has 0 spiro atoms. The summed E-state index contributed by atoms with van der Waals surface area (Å²) in [5.41, 5.74) is -3.23. The van der Waals surface area contributed by atoms with E-state index in [1.807, 2.05) is 33.8 Å². The number of methoxy groups -OCH3 is 1. The number of alkyl halides is 3. The number of aromatic hydroxyl groups is 3. The average molecular weight is 723 g/mol. The number of hydrogen-bond donors (Lipinski definition) is 3. The van der Waals surface area contributed by atoms with Crippen molar-refractivity contribution < 1.29 is 51.9 Å². The van der Waals surface area contributed by atoms with Crippen molar-refractivity contribution in [3.63, 3.8) is 0 Å². The number of carbonyl (C=O) groups excluding carboxylic acids is 1. The van der Waals surface area contributed by atoms with Gasteiger partial charge in [-0.25, -0.2) is 4.79 Å². The molecular weight excluding hydrogens is 681 g/mol. The molecule has 4 aromatic rings. The van der Waals surface area contributed by atoms with Crippen LogP contribution < -0.4 is 10.2 Å². The lowest BCUT2D eigenvalue weighted by Crippen LogP contribution is -2.52. The highest BCUT2D eigenvalue weighted by molar-refractivity contribution is 5.93. The first-order valence-corrected chi connectivity index (χ1v) is 16.6. The summed E-state index contributed by atoms with van der Waals surface area (Å²) in [5, 5.41) is 33.7. The number of hydrogen-bond acceptors (Lipinski definition) is 9. The van der Waals surface area contributed by atoms with Crippen LogP contribution in [-0.4, -0.2) is 46.3 Å². The third kappa shape index (κ3) is 6.87. The smallest absolute Gasteiger partial charge is 0.432 e. The molecular formula is C40H41F3O9. The first-order valence-electron chi connectivity index (χ1n) is 16.6. The standard InChI is InChI=1S/C40H41F3O9/c1-21(2)13-16-26-31(45)27-17-18-38(5,6)52-36(27)30-32(46)33(47)34(51-35(26)30)24-15-14-23(28(44)19-24)20-29(22(3)4)50-37(48)39(49-7,40(41,42)43)25-11-9-8-10-12-25/h8-15,19,29,44-45,47H,3,16-18,20H2,1-2,4-7H3/t29-,39-/m0/s1. The Bertz CT molecular complexity index is 2130. The fraction of sp³-hybridized carbons (Fsp3) is 0.350. The van der Waals surface area contributed by atoms with E-state index in [-0.39, 0.29) is 57.8 Å². The van der Waals surface area contributed by atoms with E-state index in [2.05, 4.69) is 6.58 Å². The molecule has 0 radical (unpaired) electrons. The molecule has 1 aliphatic rings. The van der Waals surface area contributed by atoms with Crippen molar-refractivity contribution in [1.82, 2.24) is 0 Å². The third-order valence-corrected chi connectivity index (χ3v) is 9.23. The van der Waals surface area contributed by atoms with Gasteiger partial charge in [0.15, 0.2) is 5.76 Å². The normalized spacial score (nSPS) is 15.6. The van der Waals surface area contributed by atoms with Crippen molar-refractivity contribution in [2.45, 2.75) is 83.8 Å². The van der Waals surface area contributed by atoms with Gasteiger partial charge >= 0.3 is 12.1 Å². The molecule has 12 heteroatoms. The molecule has 5 rings (SSSR count). The van der Waals surface area contributed by atoms with Gasteiger partial charge in [-0.3, -0.25) is 4.79 Å². The van der Waals surface area contributed by atoms with E-state index >= 15 is 0 Å². The molecule has 0 bridgehead atoms. The van der Waals surface area contributed by atoms with Gasteiger partial charge in [-0.1, -0.05) is 60.7 Å². The maximum absolute atomic E-state index is 14.5. The third-order valence-electron chi connectivity index (χ3n) is 9.23. The zero-order valence-electron chi connectivity index (χ0n) is 29.7. The van der Waals surface area contributed by atoms with Crippen LogP contribution >= 0.6 is 0 Å². The fourth-order valence-electron chi connectivity index (χ4n) is 6.28. The van der Waals surface area contributed by atoms with Crippen LogP contribution in [0.2, 0.25) is 0 Å². The van der Waals surface area contributed by atoms with Crippen molar-refractivity contribution >= 4 is 16.9 Å². The molecule has 3 N–H and O–H groups in total. The largest absolute Gasteiger partial charge is 0.508 e. The number of rotatable bonds is 10. The van der Waals surface area contributed by atoms with E-state index in [9.17, 15) is 38.1 Å². The minimum Gasteiger partial charge on any atom is -0.508 e. The average Bonchev–Trinajstić information content (AvgIpc) is 3.06. The van der Waals surface area contributed by atoms with Crippen LogP contribution in [-0.2, 0) is 39.1 Å². The molecule has 0 fully saturated rings. The second-order valence-electron chi connectivity index (χ2n) is 13.8. The zero-order valence-corrected chi connectivity index (χ0v) is 29.7. The van der Waals surface area contributed by atoms with E-state index in [1.165, 1.54) is 43.3 Å². The molecule has 1 aromatic heterocycles. The Labute approximate surface area is 298 Å². The van der Waals surface area contributed by atoms with Crippen LogP contribution in [0.5, 0.6) is 23.0 Å². The van der Waals surface area contributed by atoms with Gasteiger partial charge in [-0.15, -0.1) is 0 Å². The Balaban J connectivity index is 1.55. The highest BCUT2D eigenvalue weighted by Crippen LogP contribution is 2.48. The number of fused-ring (bicyclic) bond motifs is 3. The highest BCUT2D eigenvalue weighted by atomic mass is 19.4. The summed E-state index contributed by atoms with van der Waals surface area (Å²) in [6.45, 7) is 12.7. The number of phenolic OH excluding ortho intramolecular Hbond substituents is 2. The Morgan fingerprint density at radius 2 is 1.73 bits per heavy atom. The van der Waals surface area contributed by atoms with Crippen molar-refractivity contribution in [3.8, 4) is 34.3 Å². The zero-order chi connectivity index (χ0) is 38.3. The first kappa shape index (κ1) is 38.0. The summed E-state index contributed by atoms with van der Waals surface area (Å²) in [6, 6.07) is 10.4. The molecule has 52 heavy (non-hydrogen) atoms. The van der Waals surface area contributed by atoms with Crippen LogP contribution in [0.1, 0.15) is 63.3 Å². The quantitative estimate of drug-likeness (QED) is 0.109. The topological polar surface area (TPSA) is 136 Å². The van der Waals surface area contributed by atoms with Crippen LogP contribution in [0.15, 0.2) is 81.5 Å². The van der Waals surface area contributed by atoms with Crippen LogP contribution in [0.4, 0.5) is 13.2 Å². The maximum Gasteiger partial charge on any atom is 0.432 e. The van der Waals surface area contributed by atoms with Gasteiger partial charge in [-0.2, -0.15) is 13.2 Å². The number of ether oxygens (including phenoxy) is 3. The van der Waals surface area contributed by atoms with E-state index < -0.39 is 51.9 Å². The number of carbonyl (C=O) groups is 1. The van der Waals surface area contributed by atoms with Crippen molar-refractivity contribution in [2.24, 2.45) is 0 Å². The molecule has 2 atom stereocenters. The van der Waals surface area contributed by atoms with Gasteiger partial charge in [0.25, 0.3) is 5.60 Å². The summed E-state index contributed by atoms with van der Waals surface area (Å²) in [4.78, 5) is 27.2. The molecule has 1 aliphatic heterocycles. The van der Waals surface area contributed by atoms with Gasteiger partial charge in [0.1, 0.15) is 39.9 Å². The number of phenols is 2. The predicted molar refractivity (Wildman–Crippen MR) is 189 cm³/mol. The van der Waals surface area contributed by atoms with Gasteiger partial charge in [0.2, 0.25) is 11.2 Å².